The molecular formula is C28H31F3N4O4S. The molecule has 12 heteroatoms. The van der Waals surface area contributed by atoms with Crippen molar-refractivity contribution in [3.8, 4) is 0 Å². The molecule has 1 N–H and O–H groups in total. The van der Waals surface area contributed by atoms with Gasteiger partial charge >= 0.3 is 6.18 Å². The summed E-state index contributed by atoms with van der Waals surface area (Å²) in [6.45, 7) is 3.41. The summed E-state index contributed by atoms with van der Waals surface area (Å²) >= 11 is 0. The van der Waals surface area contributed by atoms with Crippen LogP contribution in [0, 0.1) is 13.8 Å². The van der Waals surface area contributed by atoms with Crippen LogP contribution in [0.5, 0.6) is 0 Å². The van der Waals surface area contributed by atoms with Gasteiger partial charge in [0.2, 0.25) is 11.8 Å². The summed E-state index contributed by atoms with van der Waals surface area (Å²) in [5.41, 5.74) is 3.16. The van der Waals surface area contributed by atoms with Crippen LogP contribution in [0.15, 0.2) is 45.8 Å². The lowest BCUT2D eigenvalue weighted by molar-refractivity contribution is -0.122. The van der Waals surface area contributed by atoms with Crippen molar-refractivity contribution in [1.29, 1.82) is 0 Å². The van der Waals surface area contributed by atoms with Gasteiger partial charge in [-0.1, -0.05) is 12.1 Å². The second-order valence-corrected chi connectivity index (χ2v) is 13.0. The third-order valence-corrected chi connectivity index (χ3v) is 9.24. The molecule has 2 fully saturated rings. The Kier molecular flexibility index (Phi) is 7.18. The van der Waals surface area contributed by atoms with Crippen molar-refractivity contribution in [3.05, 3.63) is 64.8 Å². The number of hydrogen-bond acceptors (Lipinski definition) is 7. The largest absolute Gasteiger partial charge is 0.405 e. The Bertz CT molecular complexity index is 1500. The maximum Gasteiger partial charge on any atom is 0.405 e. The van der Waals surface area contributed by atoms with E-state index in [0.717, 1.165) is 47.3 Å². The van der Waals surface area contributed by atoms with Gasteiger partial charge in [0.05, 0.1) is 22.6 Å². The van der Waals surface area contributed by atoms with Gasteiger partial charge in [0.15, 0.2) is 15.7 Å². The fourth-order valence-electron chi connectivity index (χ4n) is 5.29. The molecule has 2 aliphatic carbocycles. The number of carbonyl (C=O) groups is 1. The first-order valence-corrected chi connectivity index (χ1v) is 14.9. The van der Waals surface area contributed by atoms with Gasteiger partial charge in [-0.2, -0.15) is 18.2 Å². The average molecular weight is 577 g/mol. The number of amides is 1. The Morgan fingerprint density at radius 2 is 1.75 bits per heavy atom. The summed E-state index contributed by atoms with van der Waals surface area (Å²) in [4.78, 5) is 18.5. The highest BCUT2D eigenvalue weighted by Gasteiger charge is 2.52. The highest BCUT2D eigenvalue weighted by atomic mass is 32.2. The molecule has 1 heterocycles. The molecular weight excluding hydrogens is 545 g/mol. The van der Waals surface area contributed by atoms with E-state index in [1.807, 2.05) is 13.8 Å². The van der Waals surface area contributed by atoms with Crippen molar-refractivity contribution in [3.63, 3.8) is 0 Å². The summed E-state index contributed by atoms with van der Waals surface area (Å²) in [5, 5.41) is 7.00. The molecule has 0 unspecified atom stereocenters. The van der Waals surface area contributed by atoms with Crippen molar-refractivity contribution < 1.29 is 30.9 Å². The fourth-order valence-corrected chi connectivity index (χ4v) is 6.17. The first kappa shape index (κ1) is 28.1. The summed E-state index contributed by atoms with van der Waals surface area (Å²) < 4.78 is 69.7. The Balaban J connectivity index is 1.33. The van der Waals surface area contributed by atoms with Crippen LogP contribution in [0.2, 0.25) is 0 Å². The van der Waals surface area contributed by atoms with Gasteiger partial charge in [0.25, 0.3) is 0 Å². The van der Waals surface area contributed by atoms with Crippen molar-refractivity contribution in [2.24, 2.45) is 0 Å². The van der Waals surface area contributed by atoms with Crippen LogP contribution in [0.25, 0.3) is 0 Å². The van der Waals surface area contributed by atoms with E-state index in [9.17, 15) is 26.4 Å². The van der Waals surface area contributed by atoms with E-state index < -0.39 is 35.0 Å². The number of carbonyl (C=O) groups excluding carboxylic acids is 1. The second-order valence-electron chi connectivity index (χ2n) is 10.7. The number of aromatic nitrogens is 2. The van der Waals surface area contributed by atoms with Crippen molar-refractivity contribution in [2.75, 3.05) is 29.1 Å². The van der Waals surface area contributed by atoms with Crippen LogP contribution >= 0.6 is 0 Å². The summed E-state index contributed by atoms with van der Waals surface area (Å²) in [6.07, 6.45) is -0.680. The zero-order valence-corrected chi connectivity index (χ0v) is 23.3. The molecule has 214 valence electrons. The maximum absolute atomic E-state index is 13.4. The Morgan fingerprint density at radius 3 is 2.27 bits per heavy atom. The minimum atomic E-state index is -4.57. The number of sulfone groups is 1. The molecule has 5 rings (SSSR count). The van der Waals surface area contributed by atoms with E-state index in [1.165, 1.54) is 31.2 Å². The predicted molar refractivity (Wildman–Crippen MR) is 143 cm³/mol. The van der Waals surface area contributed by atoms with E-state index in [-0.39, 0.29) is 21.8 Å². The molecule has 1 aromatic heterocycles. The van der Waals surface area contributed by atoms with Crippen LogP contribution < -0.4 is 10.2 Å². The molecule has 2 saturated carbocycles. The number of anilines is 2. The second kappa shape index (κ2) is 10.2. The Labute approximate surface area is 230 Å². The van der Waals surface area contributed by atoms with E-state index in [2.05, 4.69) is 15.5 Å². The molecule has 2 aromatic carbocycles. The van der Waals surface area contributed by atoms with Crippen molar-refractivity contribution >= 4 is 27.1 Å². The molecule has 0 radical (unpaired) electrons. The lowest BCUT2D eigenvalue weighted by Crippen LogP contribution is -2.39. The topological polar surface area (TPSA) is 105 Å². The first-order chi connectivity index (χ1) is 18.8. The SMILES string of the molecule is CCS(=O)(=O)c1ccc(N(CC(=O)Nc2cc(C)c(C3(c4noc(C5CC5)n4)CC3)c(C)c2)CC(F)(F)F)cc1. The minimum Gasteiger partial charge on any atom is -0.353 e. The van der Waals surface area contributed by atoms with Gasteiger partial charge < -0.3 is 14.7 Å². The number of alkyl halides is 3. The predicted octanol–water partition coefficient (Wildman–Crippen LogP) is 5.44. The summed E-state index contributed by atoms with van der Waals surface area (Å²) in [7, 11) is -3.51. The van der Waals surface area contributed by atoms with Gasteiger partial charge in [0, 0.05) is 17.3 Å². The van der Waals surface area contributed by atoms with E-state index in [1.54, 1.807) is 12.1 Å². The van der Waals surface area contributed by atoms with Crippen LogP contribution in [0.1, 0.15) is 66.9 Å². The quantitative estimate of drug-likeness (QED) is 0.342. The molecule has 0 spiro atoms. The van der Waals surface area contributed by atoms with Crippen molar-refractivity contribution in [2.45, 2.75) is 68.9 Å². The number of hydrogen-bond donors (Lipinski definition) is 1. The zero-order chi connectivity index (χ0) is 28.9. The molecule has 0 atom stereocenters. The average Bonchev–Trinajstić information content (AvgIpc) is 3.82. The van der Waals surface area contributed by atoms with Gasteiger partial charge in [-0.3, -0.25) is 4.79 Å². The van der Waals surface area contributed by atoms with Gasteiger partial charge in [-0.05, 0) is 92.6 Å². The smallest absolute Gasteiger partial charge is 0.353 e. The number of halogens is 3. The van der Waals surface area contributed by atoms with Crippen molar-refractivity contribution in [1.82, 2.24) is 10.1 Å². The Hall–Kier alpha value is -3.41. The normalized spacial score (nSPS) is 16.6. The lowest BCUT2D eigenvalue weighted by atomic mass is 9.87. The molecule has 40 heavy (non-hydrogen) atoms. The fraction of sp³-hybridized carbons (Fsp3) is 0.464. The molecule has 0 saturated heterocycles. The van der Waals surface area contributed by atoms with Crippen LogP contribution in [-0.4, -0.2) is 49.5 Å². The Morgan fingerprint density at radius 1 is 1.12 bits per heavy atom. The van der Waals surface area contributed by atoms with E-state index in [0.29, 0.717) is 23.3 Å². The first-order valence-electron chi connectivity index (χ1n) is 13.2. The molecule has 3 aromatic rings. The van der Waals surface area contributed by atoms with E-state index >= 15 is 0 Å². The third kappa shape index (κ3) is 5.86. The minimum absolute atomic E-state index is 0.0132. The number of rotatable bonds is 10. The van der Waals surface area contributed by atoms with Gasteiger partial charge in [-0.15, -0.1) is 0 Å². The van der Waals surface area contributed by atoms with Gasteiger partial charge in [0.1, 0.15) is 6.54 Å². The standard InChI is InChI=1S/C28H31F3N4O4S/c1-4-40(37,38)22-9-7-21(8-10-22)35(16-28(29,30)31)15-23(36)32-20-13-17(2)24(18(3)14-20)27(11-12-27)26-33-25(39-34-26)19-5-6-19/h7-10,13-14,19H,4-6,11-12,15-16H2,1-3H3,(H,32,36). The van der Waals surface area contributed by atoms with E-state index in [4.69, 9.17) is 4.52 Å². The van der Waals surface area contributed by atoms with Crippen LogP contribution in [0.4, 0.5) is 24.5 Å². The zero-order valence-electron chi connectivity index (χ0n) is 22.5. The highest BCUT2D eigenvalue weighted by Crippen LogP contribution is 2.55. The monoisotopic (exact) mass is 576 g/mol. The molecule has 2 aliphatic rings. The molecule has 0 aliphatic heterocycles. The van der Waals surface area contributed by atoms with Crippen LogP contribution in [-0.2, 0) is 20.0 Å². The number of benzene rings is 2. The molecule has 1 amide bonds. The molecule has 8 nitrogen and oxygen atoms in total. The highest BCUT2D eigenvalue weighted by molar-refractivity contribution is 7.91. The summed E-state index contributed by atoms with van der Waals surface area (Å²) in [6, 6.07) is 8.69. The number of nitrogens with one attached hydrogen (secondary N) is 1. The number of nitrogens with zero attached hydrogens (tertiary/aromatic N) is 3. The number of aryl methyl sites for hydroxylation is 2. The lowest BCUT2D eigenvalue weighted by Gasteiger charge is -2.26. The summed E-state index contributed by atoms with van der Waals surface area (Å²) in [5.74, 6) is 0.963. The van der Waals surface area contributed by atoms with Gasteiger partial charge in [-0.25, -0.2) is 8.42 Å². The van der Waals surface area contributed by atoms with Crippen LogP contribution in [0.3, 0.4) is 0 Å². The molecule has 0 bridgehead atoms. The third-order valence-electron chi connectivity index (χ3n) is 7.49. The maximum atomic E-state index is 13.4.